The number of carboxylic acid groups (broad SMARTS) is 1. The highest BCUT2D eigenvalue weighted by Gasteiger charge is 2.20. The number of carbonyl (C=O) groups is 1. The van der Waals surface area contributed by atoms with Crippen LogP contribution in [0.25, 0.3) is 33.3 Å². The van der Waals surface area contributed by atoms with Crippen LogP contribution < -0.4 is 0 Å². The summed E-state index contributed by atoms with van der Waals surface area (Å²) in [6.45, 7) is 0. The van der Waals surface area contributed by atoms with Crippen LogP contribution in [0, 0.1) is 0 Å². The molecule has 4 rings (SSSR count). The van der Waals surface area contributed by atoms with E-state index in [-0.39, 0.29) is 22.8 Å². The zero-order valence-corrected chi connectivity index (χ0v) is 14.1. The summed E-state index contributed by atoms with van der Waals surface area (Å²) in [4.78, 5) is 16.1. The maximum atomic E-state index is 11.7. The van der Waals surface area contributed by atoms with Gasteiger partial charge >= 0.3 is 5.97 Å². The highest BCUT2D eigenvalue weighted by Crippen LogP contribution is 2.36. The molecule has 0 unspecified atom stereocenters. The van der Waals surface area contributed by atoms with Gasteiger partial charge in [-0.15, -0.1) is 0 Å². The van der Waals surface area contributed by atoms with Gasteiger partial charge in [0.2, 0.25) is 0 Å². The van der Waals surface area contributed by atoms with Gasteiger partial charge in [0, 0.05) is 10.9 Å². The van der Waals surface area contributed by atoms with Gasteiger partial charge in [0.15, 0.2) is 5.75 Å². The van der Waals surface area contributed by atoms with Crippen molar-refractivity contribution in [3.05, 3.63) is 78.4 Å². The Kier molecular flexibility index (Phi) is 3.97. The largest absolute Gasteiger partial charge is 0.508 e. The summed E-state index contributed by atoms with van der Waals surface area (Å²) in [5, 5.41) is 29.9. The number of para-hydroxylation sites is 1. The average Bonchev–Trinajstić information content (AvgIpc) is 2.68. The molecule has 0 amide bonds. The number of hydrogen-bond acceptors (Lipinski definition) is 4. The Hall–Kier alpha value is -3.86. The van der Waals surface area contributed by atoms with Crippen LogP contribution in [0.5, 0.6) is 11.5 Å². The molecule has 3 aromatic carbocycles. The molecule has 3 N–H and O–H groups in total. The van der Waals surface area contributed by atoms with Crippen LogP contribution in [0.3, 0.4) is 0 Å². The van der Waals surface area contributed by atoms with Gasteiger partial charge in [-0.25, -0.2) is 9.78 Å². The number of benzene rings is 3. The smallest absolute Gasteiger partial charge is 0.340 e. The van der Waals surface area contributed by atoms with Gasteiger partial charge in [0.05, 0.1) is 5.52 Å². The van der Waals surface area contributed by atoms with Crippen LogP contribution in [0.2, 0.25) is 0 Å². The molecule has 5 heteroatoms. The molecule has 0 spiro atoms. The lowest BCUT2D eigenvalue weighted by Gasteiger charge is -2.11. The van der Waals surface area contributed by atoms with E-state index in [4.69, 9.17) is 0 Å². The summed E-state index contributed by atoms with van der Waals surface area (Å²) in [5.74, 6) is -1.35. The molecule has 0 aliphatic carbocycles. The van der Waals surface area contributed by atoms with E-state index in [0.717, 1.165) is 11.1 Å². The minimum atomic E-state index is -1.20. The molecule has 0 saturated heterocycles. The lowest BCUT2D eigenvalue weighted by Crippen LogP contribution is -2.01. The summed E-state index contributed by atoms with van der Waals surface area (Å²) >= 11 is 0. The fraction of sp³-hybridized carbons (Fsp3) is 0. The molecule has 27 heavy (non-hydrogen) atoms. The van der Waals surface area contributed by atoms with Crippen molar-refractivity contribution in [2.24, 2.45) is 0 Å². The second kappa shape index (κ2) is 6.46. The quantitative estimate of drug-likeness (QED) is 0.495. The van der Waals surface area contributed by atoms with Crippen LogP contribution in [0.15, 0.2) is 72.8 Å². The van der Waals surface area contributed by atoms with Crippen molar-refractivity contribution in [3.63, 3.8) is 0 Å². The first-order valence-corrected chi connectivity index (χ1v) is 8.29. The van der Waals surface area contributed by atoms with Crippen molar-refractivity contribution in [2.45, 2.75) is 0 Å². The van der Waals surface area contributed by atoms with Gasteiger partial charge in [0.25, 0.3) is 0 Å². The molecule has 132 valence electrons. The summed E-state index contributed by atoms with van der Waals surface area (Å²) in [6.07, 6.45) is 0. The Morgan fingerprint density at radius 2 is 1.30 bits per heavy atom. The Bertz CT molecular complexity index is 1150. The van der Waals surface area contributed by atoms with Gasteiger partial charge in [-0.1, -0.05) is 54.6 Å². The first kappa shape index (κ1) is 16.6. The fourth-order valence-electron chi connectivity index (χ4n) is 3.09. The van der Waals surface area contributed by atoms with Crippen LogP contribution in [-0.2, 0) is 0 Å². The Morgan fingerprint density at radius 1 is 0.741 bits per heavy atom. The molecule has 0 aliphatic rings. The third kappa shape index (κ3) is 2.95. The van der Waals surface area contributed by atoms with Crippen LogP contribution in [0.4, 0.5) is 0 Å². The van der Waals surface area contributed by atoms with Crippen molar-refractivity contribution in [3.8, 4) is 33.9 Å². The average molecular weight is 357 g/mol. The topological polar surface area (TPSA) is 90.7 Å². The van der Waals surface area contributed by atoms with Crippen molar-refractivity contribution in [1.82, 2.24) is 4.98 Å². The van der Waals surface area contributed by atoms with Crippen molar-refractivity contribution in [1.29, 1.82) is 0 Å². The molecule has 1 heterocycles. The molecule has 5 nitrogen and oxygen atoms in total. The zero-order chi connectivity index (χ0) is 19.0. The van der Waals surface area contributed by atoms with Gasteiger partial charge in [-0.3, -0.25) is 0 Å². The summed E-state index contributed by atoms with van der Waals surface area (Å²) in [5.41, 5.74) is 3.05. The molecular formula is C22H15NO4. The SMILES string of the molecule is O=C(O)c1c(O)c(-c2ccc(-c3ccc(O)cc3)cc2)nc2ccccc12. The van der Waals surface area contributed by atoms with E-state index in [1.165, 1.54) is 0 Å². The lowest BCUT2D eigenvalue weighted by atomic mass is 9.99. The standard InChI is InChI=1S/C22H15NO4/c24-16-11-9-14(10-12-16)13-5-7-15(8-6-13)20-21(25)19(22(26)27)17-3-1-2-4-18(17)23-20/h1-12,24-25H,(H,26,27). The monoisotopic (exact) mass is 357 g/mol. The first-order valence-electron chi connectivity index (χ1n) is 8.29. The van der Waals surface area contributed by atoms with Crippen LogP contribution >= 0.6 is 0 Å². The summed E-state index contributed by atoms with van der Waals surface area (Å²) < 4.78 is 0. The third-order valence-electron chi connectivity index (χ3n) is 4.44. The third-order valence-corrected chi connectivity index (χ3v) is 4.44. The highest BCUT2D eigenvalue weighted by atomic mass is 16.4. The number of aromatic hydroxyl groups is 2. The van der Waals surface area contributed by atoms with Gasteiger partial charge in [-0.2, -0.15) is 0 Å². The van der Waals surface area contributed by atoms with E-state index in [0.29, 0.717) is 16.5 Å². The second-order valence-corrected chi connectivity index (χ2v) is 6.13. The molecule has 4 aromatic rings. The molecule has 0 radical (unpaired) electrons. The second-order valence-electron chi connectivity index (χ2n) is 6.13. The summed E-state index contributed by atoms with van der Waals surface area (Å²) in [7, 11) is 0. The molecule has 0 fully saturated rings. The number of hydrogen-bond donors (Lipinski definition) is 3. The van der Waals surface area contributed by atoms with E-state index < -0.39 is 5.97 Å². The first-order chi connectivity index (χ1) is 13.0. The maximum absolute atomic E-state index is 11.7. The van der Waals surface area contributed by atoms with Gasteiger partial charge in [0.1, 0.15) is 17.0 Å². The van der Waals surface area contributed by atoms with E-state index in [1.807, 2.05) is 12.1 Å². The number of nitrogens with zero attached hydrogens (tertiary/aromatic N) is 1. The Labute approximate surface area is 154 Å². The predicted molar refractivity (Wildman–Crippen MR) is 103 cm³/mol. The van der Waals surface area contributed by atoms with Gasteiger partial charge in [-0.05, 0) is 29.3 Å². The van der Waals surface area contributed by atoms with Crippen LogP contribution in [0.1, 0.15) is 10.4 Å². The van der Waals surface area contributed by atoms with Crippen molar-refractivity contribution in [2.75, 3.05) is 0 Å². The number of pyridine rings is 1. The number of phenolic OH excluding ortho intramolecular Hbond substituents is 1. The van der Waals surface area contributed by atoms with E-state index in [2.05, 4.69) is 4.98 Å². The van der Waals surface area contributed by atoms with Gasteiger partial charge < -0.3 is 15.3 Å². The minimum absolute atomic E-state index is 0.154. The molecule has 0 aliphatic heterocycles. The minimum Gasteiger partial charge on any atom is -0.508 e. The van der Waals surface area contributed by atoms with Crippen molar-refractivity contribution < 1.29 is 20.1 Å². The maximum Gasteiger partial charge on any atom is 0.340 e. The summed E-state index contributed by atoms with van der Waals surface area (Å²) in [6, 6.07) is 20.9. The van der Waals surface area contributed by atoms with Crippen molar-refractivity contribution >= 4 is 16.9 Å². The molecular weight excluding hydrogens is 342 g/mol. The zero-order valence-electron chi connectivity index (χ0n) is 14.1. The number of fused-ring (bicyclic) bond motifs is 1. The molecule has 1 aromatic heterocycles. The normalized spacial score (nSPS) is 10.8. The fourth-order valence-corrected chi connectivity index (χ4v) is 3.09. The number of aromatic carboxylic acids is 1. The Balaban J connectivity index is 1.84. The van der Waals surface area contributed by atoms with Crippen LogP contribution in [-0.4, -0.2) is 26.3 Å². The van der Waals surface area contributed by atoms with E-state index >= 15 is 0 Å². The Morgan fingerprint density at radius 3 is 1.93 bits per heavy atom. The van der Waals surface area contributed by atoms with E-state index in [9.17, 15) is 20.1 Å². The number of rotatable bonds is 3. The number of carboxylic acids is 1. The molecule has 0 bridgehead atoms. The lowest BCUT2D eigenvalue weighted by molar-refractivity contribution is 0.0696. The number of aromatic nitrogens is 1. The molecule has 0 atom stereocenters. The number of phenols is 1. The highest BCUT2D eigenvalue weighted by molar-refractivity contribution is 6.07. The van der Waals surface area contributed by atoms with E-state index in [1.54, 1.807) is 60.7 Å². The predicted octanol–water partition coefficient (Wildman–Crippen LogP) is 4.68. The molecule has 0 saturated carbocycles.